The number of hydrogen-bond donors (Lipinski definition) is 2. The van der Waals surface area contributed by atoms with Crippen molar-refractivity contribution >= 4 is 11.8 Å². The highest BCUT2D eigenvalue weighted by Gasteiger charge is 2.56. The summed E-state index contributed by atoms with van der Waals surface area (Å²) in [5, 5.41) is 20.0. The van der Waals surface area contributed by atoms with Crippen molar-refractivity contribution in [1.82, 2.24) is 0 Å². The molecule has 0 spiro atoms. The van der Waals surface area contributed by atoms with E-state index in [0.717, 1.165) is 44.1 Å². The molecule has 2 fully saturated rings. The van der Waals surface area contributed by atoms with Crippen LogP contribution in [0, 0.1) is 23.2 Å². The third kappa shape index (κ3) is 2.30. The Hall–Kier alpha value is -1.42. The molecule has 0 aliphatic heterocycles. The average Bonchev–Trinajstić information content (AvgIpc) is 2.81. The number of carbonyl (C=O) groups excluding carboxylic acids is 1. The quantitative estimate of drug-likeness (QED) is 0.815. The molecular formula is C20H26O4. The predicted molar refractivity (Wildman–Crippen MR) is 89.3 cm³/mol. The van der Waals surface area contributed by atoms with Gasteiger partial charge in [0.15, 0.2) is 5.78 Å². The molecule has 130 valence electrons. The van der Waals surface area contributed by atoms with E-state index in [-0.39, 0.29) is 29.6 Å². The largest absolute Gasteiger partial charge is 0.481 e. The van der Waals surface area contributed by atoms with Gasteiger partial charge in [0.2, 0.25) is 0 Å². The van der Waals surface area contributed by atoms with Crippen LogP contribution >= 0.6 is 0 Å². The SMILES string of the molecule is CC12C[C@H](CC(=O)O)C3=C4CCC(=O)C=C4CCC3C1CCC2O. The molecule has 0 bridgehead atoms. The summed E-state index contributed by atoms with van der Waals surface area (Å²) < 4.78 is 0. The number of fused-ring (bicyclic) bond motifs is 4. The average molecular weight is 330 g/mol. The summed E-state index contributed by atoms with van der Waals surface area (Å²) in [6.45, 7) is 2.17. The molecule has 4 aliphatic carbocycles. The first kappa shape index (κ1) is 16.1. The Morgan fingerprint density at radius 3 is 2.79 bits per heavy atom. The number of carbonyl (C=O) groups is 2. The zero-order chi connectivity index (χ0) is 17.1. The highest BCUT2D eigenvalue weighted by molar-refractivity contribution is 5.93. The normalized spacial score (nSPS) is 41.4. The zero-order valence-electron chi connectivity index (χ0n) is 14.3. The third-order valence-electron chi connectivity index (χ3n) is 7.21. The fourth-order valence-corrected chi connectivity index (χ4v) is 6.20. The highest BCUT2D eigenvalue weighted by atomic mass is 16.4. The monoisotopic (exact) mass is 330 g/mol. The second kappa shape index (κ2) is 5.55. The van der Waals surface area contributed by atoms with Crippen LogP contribution in [-0.2, 0) is 9.59 Å². The molecule has 4 nitrogen and oxygen atoms in total. The highest BCUT2D eigenvalue weighted by Crippen LogP contribution is 2.62. The van der Waals surface area contributed by atoms with Crippen LogP contribution in [0.25, 0.3) is 0 Å². The number of aliphatic hydroxyl groups is 1. The van der Waals surface area contributed by atoms with Crippen LogP contribution < -0.4 is 0 Å². The molecule has 4 heteroatoms. The van der Waals surface area contributed by atoms with E-state index in [1.807, 2.05) is 0 Å². The number of hydrogen-bond acceptors (Lipinski definition) is 3. The van der Waals surface area contributed by atoms with Crippen molar-refractivity contribution in [2.24, 2.45) is 23.2 Å². The molecule has 0 aromatic heterocycles. The maximum Gasteiger partial charge on any atom is 0.303 e. The van der Waals surface area contributed by atoms with E-state index in [0.29, 0.717) is 18.3 Å². The minimum atomic E-state index is -0.760. The van der Waals surface area contributed by atoms with E-state index in [4.69, 9.17) is 0 Å². The lowest BCUT2D eigenvalue weighted by Crippen LogP contribution is -2.46. The first-order chi connectivity index (χ1) is 11.4. The molecule has 0 radical (unpaired) electrons. The summed E-state index contributed by atoms with van der Waals surface area (Å²) in [4.78, 5) is 23.3. The van der Waals surface area contributed by atoms with E-state index < -0.39 is 5.97 Å². The Labute approximate surface area is 142 Å². The third-order valence-corrected chi connectivity index (χ3v) is 7.21. The second-order valence-electron chi connectivity index (χ2n) is 8.42. The number of aliphatic hydroxyl groups excluding tert-OH is 1. The lowest BCUT2D eigenvalue weighted by molar-refractivity contribution is -0.138. The number of aliphatic carboxylic acids is 1. The van der Waals surface area contributed by atoms with Gasteiger partial charge in [0.05, 0.1) is 12.5 Å². The Bertz CT molecular complexity index is 659. The van der Waals surface area contributed by atoms with Gasteiger partial charge >= 0.3 is 5.97 Å². The molecule has 4 rings (SSSR count). The van der Waals surface area contributed by atoms with Gasteiger partial charge in [-0.1, -0.05) is 12.5 Å². The van der Waals surface area contributed by atoms with Crippen LogP contribution in [0.2, 0.25) is 0 Å². The van der Waals surface area contributed by atoms with E-state index in [1.54, 1.807) is 6.08 Å². The van der Waals surface area contributed by atoms with E-state index in [2.05, 4.69) is 6.92 Å². The van der Waals surface area contributed by atoms with Crippen molar-refractivity contribution in [3.8, 4) is 0 Å². The Balaban J connectivity index is 1.81. The minimum absolute atomic E-state index is 0.00778. The molecule has 0 heterocycles. The summed E-state index contributed by atoms with van der Waals surface area (Å²) >= 11 is 0. The van der Waals surface area contributed by atoms with Crippen LogP contribution in [0.1, 0.15) is 58.3 Å². The van der Waals surface area contributed by atoms with Gasteiger partial charge in [0.1, 0.15) is 0 Å². The van der Waals surface area contributed by atoms with Crippen molar-refractivity contribution in [2.45, 2.75) is 64.4 Å². The Morgan fingerprint density at radius 1 is 1.25 bits per heavy atom. The molecule has 5 atom stereocenters. The second-order valence-corrected chi connectivity index (χ2v) is 8.42. The van der Waals surface area contributed by atoms with Gasteiger partial charge in [0, 0.05) is 6.42 Å². The van der Waals surface area contributed by atoms with Gasteiger partial charge in [-0.2, -0.15) is 0 Å². The molecule has 0 saturated heterocycles. The first-order valence-corrected chi connectivity index (χ1v) is 9.26. The molecular weight excluding hydrogens is 304 g/mol. The maximum atomic E-state index is 11.8. The lowest BCUT2D eigenvalue weighted by atomic mass is 9.53. The topological polar surface area (TPSA) is 74.6 Å². The van der Waals surface area contributed by atoms with Crippen LogP contribution in [0.5, 0.6) is 0 Å². The summed E-state index contributed by atoms with van der Waals surface area (Å²) in [7, 11) is 0. The molecule has 24 heavy (non-hydrogen) atoms. The summed E-state index contributed by atoms with van der Waals surface area (Å²) in [5.74, 6) is 0.308. The fourth-order valence-electron chi connectivity index (χ4n) is 6.20. The Morgan fingerprint density at radius 2 is 2.04 bits per heavy atom. The van der Waals surface area contributed by atoms with Crippen LogP contribution in [0.4, 0.5) is 0 Å². The van der Waals surface area contributed by atoms with E-state index in [1.165, 1.54) is 11.1 Å². The van der Waals surface area contributed by atoms with Gasteiger partial charge in [0.25, 0.3) is 0 Å². The molecule has 4 unspecified atom stereocenters. The van der Waals surface area contributed by atoms with Crippen molar-refractivity contribution in [1.29, 1.82) is 0 Å². The molecule has 4 aliphatic rings. The molecule has 0 amide bonds. The molecule has 0 aromatic rings. The van der Waals surface area contributed by atoms with E-state index in [9.17, 15) is 19.8 Å². The lowest BCUT2D eigenvalue weighted by Gasteiger charge is -2.51. The molecule has 0 aromatic carbocycles. The van der Waals surface area contributed by atoms with Crippen LogP contribution in [0.3, 0.4) is 0 Å². The number of allylic oxidation sites excluding steroid dienone is 4. The molecule has 2 N–H and O–H groups in total. The number of ketones is 1. The maximum absolute atomic E-state index is 11.8. The van der Waals surface area contributed by atoms with Gasteiger partial charge in [-0.05, 0) is 78.9 Å². The fraction of sp³-hybridized carbons (Fsp3) is 0.700. The van der Waals surface area contributed by atoms with Crippen LogP contribution in [0.15, 0.2) is 22.8 Å². The van der Waals surface area contributed by atoms with Crippen LogP contribution in [-0.4, -0.2) is 28.1 Å². The van der Waals surface area contributed by atoms with Gasteiger partial charge < -0.3 is 10.2 Å². The first-order valence-electron chi connectivity index (χ1n) is 9.26. The zero-order valence-corrected chi connectivity index (χ0v) is 14.3. The minimum Gasteiger partial charge on any atom is -0.481 e. The predicted octanol–water partition coefficient (Wildman–Crippen LogP) is 3.25. The smallest absolute Gasteiger partial charge is 0.303 e. The van der Waals surface area contributed by atoms with Crippen molar-refractivity contribution in [3.63, 3.8) is 0 Å². The number of rotatable bonds is 2. The van der Waals surface area contributed by atoms with Crippen molar-refractivity contribution in [3.05, 3.63) is 22.8 Å². The standard InChI is InChI=1S/C20H26O4/c1-20-10-12(9-18(23)24)19-14-5-3-13(21)8-11(14)2-4-15(19)16(20)6-7-17(20)22/h8,12,15-17,22H,2-7,9-10H2,1H3,(H,23,24)/t12-,15?,16?,17?,20?/m0/s1. The summed E-state index contributed by atoms with van der Waals surface area (Å²) in [6.07, 6.45) is 7.54. The summed E-state index contributed by atoms with van der Waals surface area (Å²) in [6, 6.07) is 0. The van der Waals surface area contributed by atoms with E-state index >= 15 is 0 Å². The van der Waals surface area contributed by atoms with Gasteiger partial charge in [-0.25, -0.2) is 0 Å². The van der Waals surface area contributed by atoms with Crippen molar-refractivity contribution in [2.75, 3.05) is 0 Å². The van der Waals surface area contributed by atoms with Crippen molar-refractivity contribution < 1.29 is 19.8 Å². The summed E-state index contributed by atoms with van der Waals surface area (Å²) in [5.41, 5.74) is 3.63. The molecule has 2 saturated carbocycles. The van der Waals surface area contributed by atoms with Gasteiger partial charge in [-0.15, -0.1) is 0 Å². The number of carboxylic acids is 1. The Kier molecular flexibility index (Phi) is 3.72. The van der Waals surface area contributed by atoms with Gasteiger partial charge in [-0.3, -0.25) is 9.59 Å². The number of carboxylic acid groups (broad SMARTS) is 1.